The van der Waals surface area contributed by atoms with Crippen molar-refractivity contribution in [3.63, 3.8) is 0 Å². The van der Waals surface area contributed by atoms with Crippen molar-refractivity contribution in [3.05, 3.63) is 10.7 Å². The van der Waals surface area contributed by atoms with Gasteiger partial charge in [-0.05, 0) is 34.7 Å². The van der Waals surface area contributed by atoms with E-state index >= 15 is 0 Å². The average molecular weight is 315 g/mol. The molecule has 0 aliphatic heterocycles. The van der Waals surface area contributed by atoms with Crippen molar-refractivity contribution in [3.8, 4) is 0 Å². The molecule has 1 heterocycles. The maximum atomic E-state index is 4.54. The zero-order chi connectivity index (χ0) is 13.5. The maximum Gasteiger partial charge on any atom is 0.224 e. The van der Waals surface area contributed by atoms with E-state index in [1.54, 1.807) is 0 Å². The molecule has 0 saturated carbocycles. The van der Waals surface area contributed by atoms with Gasteiger partial charge in [-0.2, -0.15) is 4.98 Å². The highest BCUT2D eigenvalue weighted by Gasteiger charge is 2.10. The summed E-state index contributed by atoms with van der Waals surface area (Å²) >= 11 is 3.51. The molecule has 1 aromatic rings. The SMILES string of the molecule is CCCNc1ncc(Br)c(N(C)CCC(C)C)n1. The average Bonchev–Trinajstić information content (AvgIpc) is 2.35. The Morgan fingerprint density at radius 2 is 2.17 bits per heavy atom. The minimum absolute atomic E-state index is 0.700. The van der Waals surface area contributed by atoms with Crippen LogP contribution in [0.25, 0.3) is 0 Å². The molecule has 1 N–H and O–H groups in total. The first-order valence-electron chi connectivity index (χ1n) is 6.52. The van der Waals surface area contributed by atoms with E-state index in [0.29, 0.717) is 11.9 Å². The lowest BCUT2D eigenvalue weighted by Crippen LogP contribution is -2.22. The highest BCUT2D eigenvalue weighted by atomic mass is 79.9. The fourth-order valence-corrected chi connectivity index (χ4v) is 2.00. The number of halogens is 1. The summed E-state index contributed by atoms with van der Waals surface area (Å²) in [6.07, 6.45) is 4.04. The van der Waals surface area contributed by atoms with Crippen molar-refractivity contribution < 1.29 is 0 Å². The Kier molecular flexibility index (Phi) is 6.39. The summed E-state index contributed by atoms with van der Waals surface area (Å²) in [6.45, 7) is 8.49. The lowest BCUT2D eigenvalue weighted by Gasteiger charge is -2.21. The molecule has 0 amide bonds. The van der Waals surface area contributed by atoms with Crippen molar-refractivity contribution in [2.75, 3.05) is 30.4 Å². The number of hydrogen-bond acceptors (Lipinski definition) is 4. The van der Waals surface area contributed by atoms with E-state index in [-0.39, 0.29) is 0 Å². The molecule has 102 valence electrons. The first kappa shape index (κ1) is 15.2. The number of anilines is 2. The Morgan fingerprint density at radius 1 is 1.44 bits per heavy atom. The summed E-state index contributed by atoms with van der Waals surface area (Å²) in [4.78, 5) is 11.0. The molecule has 0 atom stereocenters. The maximum absolute atomic E-state index is 4.54. The molecule has 1 aromatic heterocycles. The summed E-state index contributed by atoms with van der Waals surface area (Å²) in [5.41, 5.74) is 0. The quantitative estimate of drug-likeness (QED) is 0.835. The van der Waals surface area contributed by atoms with E-state index in [1.165, 1.54) is 0 Å². The molecule has 0 radical (unpaired) electrons. The van der Waals surface area contributed by atoms with Gasteiger partial charge in [-0.3, -0.25) is 0 Å². The van der Waals surface area contributed by atoms with Crippen LogP contribution in [0.2, 0.25) is 0 Å². The van der Waals surface area contributed by atoms with Crippen LogP contribution >= 0.6 is 15.9 Å². The summed E-state index contributed by atoms with van der Waals surface area (Å²) in [5.74, 6) is 2.35. The van der Waals surface area contributed by atoms with Crippen LogP contribution in [0, 0.1) is 5.92 Å². The van der Waals surface area contributed by atoms with Crippen LogP contribution in [-0.4, -0.2) is 30.1 Å². The Balaban J connectivity index is 2.72. The lowest BCUT2D eigenvalue weighted by molar-refractivity contribution is 0.583. The molecule has 0 saturated heterocycles. The number of nitrogens with zero attached hydrogens (tertiary/aromatic N) is 3. The van der Waals surface area contributed by atoms with Crippen LogP contribution in [0.5, 0.6) is 0 Å². The monoisotopic (exact) mass is 314 g/mol. The number of rotatable bonds is 7. The van der Waals surface area contributed by atoms with Crippen LogP contribution in [0.15, 0.2) is 10.7 Å². The Hall–Kier alpha value is -0.840. The van der Waals surface area contributed by atoms with Crippen LogP contribution in [0.3, 0.4) is 0 Å². The van der Waals surface area contributed by atoms with Gasteiger partial charge >= 0.3 is 0 Å². The first-order valence-corrected chi connectivity index (χ1v) is 7.31. The molecule has 0 aliphatic rings. The smallest absolute Gasteiger partial charge is 0.224 e. The van der Waals surface area contributed by atoms with Gasteiger partial charge in [-0.1, -0.05) is 20.8 Å². The third-order valence-electron chi connectivity index (χ3n) is 2.66. The molecule has 18 heavy (non-hydrogen) atoms. The minimum Gasteiger partial charge on any atom is -0.359 e. The highest BCUT2D eigenvalue weighted by molar-refractivity contribution is 9.10. The molecular formula is C13H23BrN4. The van der Waals surface area contributed by atoms with Crippen LogP contribution in [0.1, 0.15) is 33.6 Å². The normalized spacial score (nSPS) is 10.8. The molecule has 4 nitrogen and oxygen atoms in total. The third kappa shape index (κ3) is 4.80. The molecule has 0 bridgehead atoms. The fourth-order valence-electron chi connectivity index (χ4n) is 1.51. The van der Waals surface area contributed by atoms with Crippen LogP contribution in [-0.2, 0) is 0 Å². The molecular weight excluding hydrogens is 292 g/mol. The second-order valence-electron chi connectivity index (χ2n) is 4.90. The molecule has 5 heteroatoms. The van der Waals surface area contributed by atoms with Gasteiger partial charge in [0, 0.05) is 26.3 Å². The van der Waals surface area contributed by atoms with Crippen LogP contribution < -0.4 is 10.2 Å². The van der Waals surface area contributed by atoms with E-state index in [1.807, 2.05) is 6.20 Å². The van der Waals surface area contributed by atoms with E-state index in [0.717, 1.165) is 36.2 Å². The van der Waals surface area contributed by atoms with Crippen molar-refractivity contribution in [1.29, 1.82) is 0 Å². The van der Waals surface area contributed by atoms with E-state index < -0.39 is 0 Å². The zero-order valence-electron chi connectivity index (χ0n) is 11.7. The van der Waals surface area contributed by atoms with Crippen LogP contribution in [0.4, 0.5) is 11.8 Å². The van der Waals surface area contributed by atoms with E-state index in [2.05, 4.69) is 63.9 Å². The van der Waals surface area contributed by atoms with Crippen molar-refractivity contribution >= 4 is 27.7 Å². The Morgan fingerprint density at radius 3 is 2.78 bits per heavy atom. The number of nitrogens with one attached hydrogen (secondary N) is 1. The minimum atomic E-state index is 0.700. The van der Waals surface area contributed by atoms with Gasteiger partial charge in [0.2, 0.25) is 5.95 Å². The van der Waals surface area contributed by atoms with Gasteiger partial charge < -0.3 is 10.2 Å². The summed E-state index contributed by atoms with van der Waals surface area (Å²) in [7, 11) is 2.07. The summed E-state index contributed by atoms with van der Waals surface area (Å²) < 4.78 is 0.941. The largest absolute Gasteiger partial charge is 0.359 e. The third-order valence-corrected chi connectivity index (χ3v) is 3.22. The van der Waals surface area contributed by atoms with Gasteiger partial charge in [-0.25, -0.2) is 4.98 Å². The summed E-state index contributed by atoms with van der Waals surface area (Å²) in [6, 6.07) is 0. The van der Waals surface area contributed by atoms with Gasteiger partial charge in [0.1, 0.15) is 5.82 Å². The molecule has 0 aliphatic carbocycles. The van der Waals surface area contributed by atoms with Crippen molar-refractivity contribution in [1.82, 2.24) is 9.97 Å². The molecule has 0 aromatic carbocycles. The topological polar surface area (TPSA) is 41.1 Å². The fraction of sp³-hybridized carbons (Fsp3) is 0.692. The van der Waals surface area contributed by atoms with Crippen molar-refractivity contribution in [2.24, 2.45) is 5.92 Å². The molecule has 1 rings (SSSR count). The first-order chi connectivity index (χ1) is 8.54. The lowest BCUT2D eigenvalue weighted by atomic mass is 10.1. The zero-order valence-corrected chi connectivity index (χ0v) is 13.3. The number of aromatic nitrogens is 2. The van der Waals surface area contributed by atoms with E-state index in [4.69, 9.17) is 0 Å². The van der Waals surface area contributed by atoms with Gasteiger partial charge in [0.05, 0.1) is 4.47 Å². The predicted octanol–water partition coefficient (Wildman–Crippen LogP) is 3.54. The van der Waals surface area contributed by atoms with Gasteiger partial charge in [0.15, 0.2) is 0 Å². The molecule has 0 fully saturated rings. The predicted molar refractivity (Wildman–Crippen MR) is 81.2 cm³/mol. The van der Waals surface area contributed by atoms with Gasteiger partial charge in [-0.15, -0.1) is 0 Å². The van der Waals surface area contributed by atoms with E-state index in [9.17, 15) is 0 Å². The molecule has 0 spiro atoms. The second-order valence-corrected chi connectivity index (χ2v) is 5.75. The Bertz CT molecular complexity index is 368. The summed E-state index contributed by atoms with van der Waals surface area (Å²) in [5, 5.41) is 3.21. The number of hydrogen-bond donors (Lipinski definition) is 1. The highest BCUT2D eigenvalue weighted by Crippen LogP contribution is 2.23. The second kappa shape index (κ2) is 7.56. The van der Waals surface area contributed by atoms with Gasteiger partial charge in [0.25, 0.3) is 0 Å². The Labute approximate surface area is 118 Å². The van der Waals surface area contributed by atoms with Crippen molar-refractivity contribution in [2.45, 2.75) is 33.6 Å². The molecule has 0 unspecified atom stereocenters. The standard InChI is InChI=1S/C13H23BrN4/c1-5-7-15-13-16-9-11(14)12(17-13)18(4)8-6-10(2)3/h9-10H,5-8H2,1-4H3,(H,15,16,17).